The molecule has 160 valence electrons. The molecule has 1 aliphatic carbocycles. The van der Waals surface area contributed by atoms with Crippen LogP contribution in [-0.4, -0.2) is 23.2 Å². The molecule has 0 spiro atoms. The maximum absolute atomic E-state index is 14.5. The Labute approximate surface area is 178 Å². The molecule has 1 unspecified atom stereocenters. The quantitative estimate of drug-likeness (QED) is 0.514. The number of nitrogens with zero attached hydrogens (tertiary/aromatic N) is 2. The fourth-order valence-electron chi connectivity index (χ4n) is 4.39. The molecule has 0 N–H and O–H groups in total. The van der Waals surface area contributed by atoms with Crippen LogP contribution >= 0.6 is 0 Å². The van der Waals surface area contributed by atoms with Crippen LogP contribution in [0.3, 0.4) is 0 Å². The minimum absolute atomic E-state index is 0.0904. The minimum Gasteiger partial charge on any atom is -0.494 e. The average molecular weight is 424 g/mol. The van der Waals surface area contributed by atoms with Crippen molar-refractivity contribution in [3.8, 4) is 5.75 Å². The molecular formula is C23H21FN2O5. The van der Waals surface area contributed by atoms with Gasteiger partial charge < -0.3 is 4.74 Å². The summed E-state index contributed by atoms with van der Waals surface area (Å²) in [4.78, 5) is 38.6. The Morgan fingerprint density at radius 2 is 1.97 bits per heavy atom. The van der Waals surface area contributed by atoms with E-state index in [9.17, 15) is 24.1 Å². The molecule has 0 radical (unpaired) electrons. The standard InChI is InChI=1S/C23H21FN2O5/c1-2-31-14-10-11-18(20(12-14)26(29)30)25-19-8-5-9-21(27)23(19)16(13-22(25)28)15-6-3-4-7-17(15)24/h3-4,6-7,10-12,16H,2,5,8-9,13H2,1H3. The van der Waals surface area contributed by atoms with Crippen LogP contribution in [0.1, 0.15) is 44.1 Å². The number of ether oxygens (including phenoxy) is 1. The van der Waals surface area contributed by atoms with Crippen LogP contribution in [0, 0.1) is 15.9 Å². The van der Waals surface area contributed by atoms with Gasteiger partial charge in [-0.1, -0.05) is 18.2 Å². The third-order valence-corrected chi connectivity index (χ3v) is 5.65. The number of benzene rings is 2. The van der Waals surface area contributed by atoms with Crippen molar-refractivity contribution in [1.82, 2.24) is 0 Å². The lowest BCUT2D eigenvalue weighted by molar-refractivity contribution is -0.384. The summed E-state index contributed by atoms with van der Waals surface area (Å²) in [7, 11) is 0. The number of anilines is 1. The fraction of sp³-hybridized carbons (Fsp3) is 0.304. The number of hydrogen-bond acceptors (Lipinski definition) is 5. The highest BCUT2D eigenvalue weighted by Crippen LogP contribution is 2.46. The summed E-state index contributed by atoms with van der Waals surface area (Å²) < 4.78 is 19.9. The molecule has 0 aromatic heterocycles. The fourth-order valence-corrected chi connectivity index (χ4v) is 4.39. The van der Waals surface area contributed by atoms with Gasteiger partial charge in [0.2, 0.25) is 5.91 Å². The van der Waals surface area contributed by atoms with E-state index in [-0.39, 0.29) is 23.6 Å². The van der Waals surface area contributed by atoms with Gasteiger partial charge >= 0.3 is 0 Å². The largest absolute Gasteiger partial charge is 0.494 e. The molecule has 2 aliphatic rings. The van der Waals surface area contributed by atoms with E-state index in [0.29, 0.717) is 48.5 Å². The van der Waals surface area contributed by atoms with E-state index < -0.39 is 22.6 Å². The number of halogens is 1. The Bertz CT molecular complexity index is 1110. The Kier molecular flexibility index (Phi) is 5.54. The van der Waals surface area contributed by atoms with E-state index in [1.165, 1.54) is 23.1 Å². The van der Waals surface area contributed by atoms with Crippen LogP contribution in [0.5, 0.6) is 5.75 Å². The predicted molar refractivity (Wildman–Crippen MR) is 111 cm³/mol. The Hall–Kier alpha value is -3.55. The van der Waals surface area contributed by atoms with Crippen molar-refractivity contribution >= 4 is 23.1 Å². The van der Waals surface area contributed by atoms with E-state index in [1.807, 2.05) is 0 Å². The molecule has 4 rings (SSSR count). The van der Waals surface area contributed by atoms with Crippen LogP contribution in [0.25, 0.3) is 0 Å². The van der Waals surface area contributed by atoms with Gasteiger partial charge in [0, 0.05) is 30.0 Å². The third kappa shape index (κ3) is 3.69. The number of nitro groups is 1. The van der Waals surface area contributed by atoms with Gasteiger partial charge in [-0.2, -0.15) is 0 Å². The Morgan fingerprint density at radius 3 is 2.68 bits per heavy atom. The van der Waals surface area contributed by atoms with Crippen LogP contribution in [-0.2, 0) is 9.59 Å². The second-order valence-corrected chi connectivity index (χ2v) is 7.49. The number of Topliss-reactive ketones (excluding diaryl/α,β-unsaturated/α-hetero) is 1. The molecule has 0 saturated heterocycles. The summed E-state index contributed by atoms with van der Waals surface area (Å²) in [5.41, 5.74) is 0.896. The summed E-state index contributed by atoms with van der Waals surface area (Å²) in [5, 5.41) is 11.8. The third-order valence-electron chi connectivity index (χ3n) is 5.65. The average Bonchev–Trinajstić information content (AvgIpc) is 2.74. The normalized spacial score (nSPS) is 18.8. The van der Waals surface area contributed by atoms with Gasteiger partial charge in [-0.25, -0.2) is 4.39 Å². The molecule has 0 saturated carbocycles. The van der Waals surface area contributed by atoms with E-state index in [4.69, 9.17) is 4.74 Å². The van der Waals surface area contributed by atoms with Gasteiger partial charge in [-0.05, 0) is 43.5 Å². The number of amides is 1. The zero-order valence-corrected chi connectivity index (χ0v) is 17.0. The van der Waals surface area contributed by atoms with Crippen LogP contribution in [0.4, 0.5) is 15.8 Å². The zero-order chi connectivity index (χ0) is 22.1. The summed E-state index contributed by atoms with van der Waals surface area (Å²) in [6.07, 6.45) is 1.09. The number of hydrogen-bond donors (Lipinski definition) is 0. The van der Waals surface area contributed by atoms with Crippen molar-refractivity contribution in [3.05, 3.63) is 75.2 Å². The maximum atomic E-state index is 14.5. The molecule has 2 aromatic rings. The van der Waals surface area contributed by atoms with Crippen molar-refractivity contribution < 1.29 is 23.6 Å². The Morgan fingerprint density at radius 1 is 1.19 bits per heavy atom. The number of allylic oxidation sites excluding steroid dienone is 2. The van der Waals surface area contributed by atoms with E-state index in [1.54, 1.807) is 31.2 Å². The Balaban J connectivity index is 1.89. The first kappa shape index (κ1) is 20.7. The number of ketones is 1. The molecular weight excluding hydrogens is 403 g/mol. The molecule has 7 nitrogen and oxygen atoms in total. The topological polar surface area (TPSA) is 89.8 Å². The summed E-state index contributed by atoms with van der Waals surface area (Å²) in [5.74, 6) is -1.42. The van der Waals surface area contributed by atoms with Gasteiger partial charge in [-0.3, -0.25) is 24.6 Å². The second kappa shape index (κ2) is 8.29. The van der Waals surface area contributed by atoms with Crippen LogP contribution < -0.4 is 9.64 Å². The van der Waals surface area contributed by atoms with Gasteiger partial charge in [0.05, 0.1) is 17.6 Å². The SMILES string of the molecule is CCOc1ccc(N2C(=O)CC(c3ccccc3F)C3=C2CCCC3=O)c([N+](=O)[O-])c1. The highest BCUT2D eigenvalue weighted by atomic mass is 19.1. The first-order chi connectivity index (χ1) is 14.9. The number of carbonyl (C=O) groups excluding carboxylic acids is 2. The van der Waals surface area contributed by atoms with Gasteiger partial charge in [0.1, 0.15) is 17.3 Å². The van der Waals surface area contributed by atoms with Gasteiger partial charge in [0.25, 0.3) is 5.69 Å². The van der Waals surface area contributed by atoms with Crippen molar-refractivity contribution in [2.24, 2.45) is 0 Å². The smallest absolute Gasteiger partial charge is 0.297 e. The molecule has 0 fully saturated rings. The molecule has 8 heteroatoms. The molecule has 1 amide bonds. The second-order valence-electron chi connectivity index (χ2n) is 7.49. The van der Waals surface area contributed by atoms with E-state index in [2.05, 4.69) is 0 Å². The number of rotatable bonds is 5. The molecule has 1 heterocycles. The highest BCUT2D eigenvalue weighted by Gasteiger charge is 2.42. The van der Waals surface area contributed by atoms with Gasteiger partial charge in [0.15, 0.2) is 5.78 Å². The predicted octanol–water partition coefficient (Wildman–Crippen LogP) is 4.66. The summed E-state index contributed by atoms with van der Waals surface area (Å²) in [6.45, 7) is 2.11. The van der Waals surface area contributed by atoms with E-state index in [0.717, 1.165) is 0 Å². The lowest BCUT2D eigenvalue weighted by Crippen LogP contribution is -2.41. The number of nitro benzene ring substituents is 1. The molecule has 1 atom stereocenters. The molecule has 1 aliphatic heterocycles. The first-order valence-corrected chi connectivity index (χ1v) is 10.2. The summed E-state index contributed by atoms with van der Waals surface area (Å²) in [6, 6.07) is 10.4. The minimum atomic E-state index is -0.700. The molecule has 0 bridgehead atoms. The highest BCUT2D eigenvalue weighted by molar-refractivity contribution is 6.08. The van der Waals surface area contributed by atoms with Crippen molar-refractivity contribution in [2.75, 3.05) is 11.5 Å². The van der Waals surface area contributed by atoms with Crippen molar-refractivity contribution in [1.29, 1.82) is 0 Å². The van der Waals surface area contributed by atoms with Gasteiger partial charge in [-0.15, -0.1) is 0 Å². The summed E-state index contributed by atoms with van der Waals surface area (Å²) >= 11 is 0. The first-order valence-electron chi connectivity index (χ1n) is 10.2. The van der Waals surface area contributed by atoms with Crippen LogP contribution in [0.15, 0.2) is 53.7 Å². The van der Waals surface area contributed by atoms with E-state index >= 15 is 0 Å². The zero-order valence-electron chi connectivity index (χ0n) is 17.0. The van der Waals surface area contributed by atoms with Crippen molar-refractivity contribution in [2.45, 2.75) is 38.5 Å². The number of carbonyl (C=O) groups is 2. The molecule has 2 aromatic carbocycles. The monoisotopic (exact) mass is 424 g/mol. The van der Waals surface area contributed by atoms with Crippen LogP contribution in [0.2, 0.25) is 0 Å². The lowest BCUT2D eigenvalue weighted by Gasteiger charge is -2.38. The maximum Gasteiger partial charge on any atom is 0.297 e. The van der Waals surface area contributed by atoms with Crippen molar-refractivity contribution in [3.63, 3.8) is 0 Å². The molecule has 31 heavy (non-hydrogen) atoms. The lowest BCUT2D eigenvalue weighted by atomic mass is 9.77.